The van der Waals surface area contributed by atoms with Crippen molar-refractivity contribution in [3.8, 4) is 0 Å². The van der Waals surface area contributed by atoms with Gasteiger partial charge in [0.1, 0.15) is 5.76 Å². The Hall–Kier alpha value is -2.62. The van der Waals surface area contributed by atoms with Gasteiger partial charge in [0.15, 0.2) is 0 Å². The molecule has 0 fully saturated rings. The van der Waals surface area contributed by atoms with Crippen LogP contribution in [-0.4, -0.2) is 10.9 Å². The van der Waals surface area contributed by atoms with E-state index in [9.17, 15) is 4.79 Å². The molecule has 0 saturated heterocycles. The van der Waals surface area contributed by atoms with Gasteiger partial charge in [-0.15, -0.1) is 0 Å². The van der Waals surface area contributed by atoms with Gasteiger partial charge in [0.05, 0.1) is 18.3 Å². The SMILES string of the molecule is O=C(NCc1ccco1)c1cccc2ncccc12. The number of carbonyl (C=O) groups excluding carboxylic acids is 1. The molecule has 0 radical (unpaired) electrons. The van der Waals surface area contributed by atoms with E-state index in [4.69, 9.17) is 4.42 Å². The fourth-order valence-corrected chi connectivity index (χ4v) is 1.98. The molecule has 2 heterocycles. The maximum atomic E-state index is 12.2. The van der Waals surface area contributed by atoms with E-state index in [-0.39, 0.29) is 5.91 Å². The van der Waals surface area contributed by atoms with Gasteiger partial charge in [-0.3, -0.25) is 9.78 Å². The van der Waals surface area contributed by atoms with Crippen molar-refractivity contribution in [1.29, 1.82) is 0 Å². The number of pyridine rings is 1. The van der Waals surface area contributed by atoms with Gasteiger partial charge in [0.25, 0.3) is 5.91 Å². The minimum absolute atomic E-state index is 0.130. The zero-order valence-electron chi connectivity index (χ0n) is 10.2. The first kappa shape index (κ1) is 11.5. The minimum atomic E-state index is -0.130. The Morgan fingerprint density at radius 2 is 2.11 bits per heavy atom. The Labute approximate surface area is 110 Å². The average Bonchev–Trinajstić information content (AvgIpc) is 2.97. The van der Waals surface area contributed by atoms with Crippen LogP contribution >= 0.6 is 0 Å². The lowest BCUT2D eigenvalue weighted by Gasteiger charge is -2.06. The van der Waals surface area contributed by atoms with Crippen molar-refractivity contribution in [2.24, 2.45) is 0 Å². The second-order valence-electron chi connectivity index (χ2n) is 4.14. The molecule has 0 aliphatic heterocycles. The molecule has 0 aliphatic carbocycles. The molecule has 94 valence electrons. The number of aromatic nitrogens is 1. The van der Waals surface area contributed by atoms with Gasteiger partial charge >= 0.3 is 0 Å². The summed E-state index contributed by atoms with van der Waals surface area (Å²) in [7, 11) is 0. The highest BCUT2D eigenvalue weighted by atomic mass is 16.3. The Balaban J connectivity index is 1.85. The van der Waals surface area contributed by atoms with Crippen LogP contribution in [0, 0.1) is 0 Å². The van der Waals surface area contributed by atoms with Crippen LogP contribution in [-0.2, 0) is 6.54 Å². The van der Waals surface area contributed by atoms with E-state index in [1.54, 1.807) is 24.6 Å². The molecule has 0 aliphatic rings. The lowest BCUT2D eigenvalue weighted by atomic mass is 10.1. The highest BCUT2D eigenvalue weighted by molar-refractivity contribution is 6.06. The minimum Gasteiger partial charge on any atom is -0.467 e. The van der Waals surface area contributed by atoms with Crippen LogP contribution in [0.25, 0.3) is 10.9 Å². The van der Waals surface area contributed by atoms with E-state index in [2.05, 4.69) is 10.3 Å². The van der Waals surface area contributed by atoms with Gasteiger partial charge in [-0.05, 0) is 30.3 Å². The predicted molar refractivity (Wildman–Crippen MR) is 71.6 cm³/mol. The molecule has 0 bridgehead atoms. The van der Waals surface area contributed by atoms with Crippen LogP contribution in [0.5, 0.6) is 0 Å². The molecule has 3 aromatic rings. The second kappa shape index (κ2) is 4.94. The average molecular weight is 252 g/mol. The summed E-state index contributed by atoms with van der Waals surface area (Å²) < 4.78 is 5.18. The summed E-state index contributed by atoms with van der Waals surface area (Å²) in [5.41, 5.74) is 1.44. The number of nitrogens with one attached hydrogen (secondary N) is 1. The van der Waals surface area contributed by atoms with E-state index in [0.29, 0.717) is 12.1 Å². The van der Waals surface area contributed by atoms with Crippen molar-refractivity contribution in [2.75, 3.05) is 0 Å². The first-order valence-electron chi connectivity index (χ1n) is 5.99. The molecule has 2 aromatic heterocycles. The lowest BCUT2D eigenvalue weighted by Crippen LogP contribution is -2.22. The summed E-state index contributed by atoms with van der Waals surface area (Å²) in [6.45, 7) is 0.377. The summed E-state index contributed by atoms with van der Waals surface area (Å²) in [5.74, 6) is 0.599. The fraction of sp³-hybridized carbons (Fsp3) is 0.0667. The summed E-state index contributed by atoms with van der Waals surface area (Å²) in [6, 6.07) is 12.8. The van der Waals surface area contributed by atoms with Gasteiger partial charge in [0.2, 0.25) is 0 Å². The van der Waals surface area contributed by atoms with Gasteiger partial charge in [0, 0.05) is 17.1 Å². The monoisotopic (exact) mass is 252 g/mol. The van der Waals surface area contributed by atoms with E-state index in [1.165, 1.54) is 0 Å². The highest BCUT2D eigenvalue weighted by Crippen LogP contribution is 2.16. The topological polar surface area (TPSA) is 55.1 Å². The smallest absolute Gasteiger partial charge is 0.252 e. The van der Waals surface area contributed by atoms with Crippen LogP contribution in [0.3, 0.4) is 0 Å². The first-order valence-corrected chi connectivity index (χ1v) is 5.99. The Morgan fingerprint density at radius 3 is 2.95 bits per heavy atom. The summed E-state index contributed by atoms with van der Waals surface area (Å²) in [6.07, 6.45) is 3.30. The number of benzene rings is 1. The second-order valence-corrected chi connectivity index (χ2v) is 4.14. The van der Waals surface area contributed by atoms with Crippen LogP contribution in [0.1, 0.15) is 16.1 Å². The lowest BCUT2D eigenvalue weighted by molar-refractivity contribution is 0.0949. The normalized spacial score (nSPS) is 10.5. The van der Waals surface area contributed by atoms with Gasteiger partial charge < -0.3 is 9.73 Å². The number of furan rings is 1. The quantitative estimate of drug-likeness (QED) is 0.779. The summed E-state index contributed by atoms with van der Waals surface area (Å²) >= 11 is 0. The molecule has 0 saturated carbocycles. The highest BCUT2D eigenvalue weighted by Gasteiger charge is 2.10. The number of nitrogens with zero attached hydrogens (tertiary/aromatic N) is 1. The van der Waals surface area contributed by atoms with Gasteiger partial charge in [-0.2, -0.15) is 0 Å². The Bertz CT molecular complexity index is 700. The molecule has 4 nitrogen and oxygen atoms in total. The van der Waals surface area contributed by atoms with E-state index >= 15 is 0 Å². The molecule has 1 amide bonds. The Morgan fingerprint density at radius 1 is 1.16 bits per heavy atom. The maximum Gasteiger partial charge on any atom is 0.252 e. The third-order valence-electron chi connectivity index (χ3n) is 2.89. The van der Waals surface area contributed by atoms with Crippen molar-refractivity contribution < 1.29 is 9.21 Å². The molecule has 1 aromatic carbocycles. The number of amides is 1. The van der Waals surface area contributed by atoms with Crippen LogP contribution < -0.4 is 5.32 Å². The van der Waals surface area contributed by atoms with Crippen molar-refractivity contribution in [1.82, 2.24) is 10.3 Å². The molecule has 4 heteroatoms. The predicted octanol–water partition coefficient (Wildman–Crippen LogP) is 2.76. The van der Waals surface area contributed by atoms with Crippen LogP contribution in [0.4, 0.5) is 0 Å². The van der Waals surface area contributed by atoms with Crippen molar-refractivity contribution in [3.05, 3.63) is 66.2 Å². The van der Waals surface area contributed by atoms with Gasteiger partial charge in [-0.25, -0.2) is 0 Å². The molecular weight excluding hydrogens is 240 g/mol. The number of carbonyl (C=O) groups is 1. The number of hydrogen-bond acceptors (Lipinski definition) is 3. The molecule has 0 unspecified atom stereocenters. The summed E-state index contributed by atoms with van der Waals surface area (Å²) in [4.78, 5) is 16.4. The van der Waals surface area contributed by atoms with Crippen LogP contribution in [0.15, 0.2) is 59.3 Å². The number of rotatable bonds is 3. The van der Waals surface area contributed by atoms with E-state index in [1.807, 2.05) is 30.3 Å². The first-order chi connectivity index (χ1) is 9.34. The third-order valence-corrected chi connectivity index (χ3v) is 2.89. The molecule has 1 N–H and O–H groups in total. The van der Waals surface area contributed by atoms with Crippen molar-refractivity contribution >= 4 is 16.8 Å². The molecule has 0 atom stereocenters. The Kier molecular flexibility index (Phi) is 2.98. The molecule has 19 heavy (non-hydrogen) atoms. The van der Waals surface area contributed by atoms with Crippen molar-refractivity contribution in [2.45, 2.75) is 6.54 Å². The third kappa shape index (κ3) is 2.33. The van der Waals surface area contributed by atoms with E-state index < -0.39 is 0 Å². The van der Waals surface area contributed by atoms with Crippen LogP contribution in [0.2, 0.25) is 0 Å². The fourth-order valence-electron chi connectivity index (χ4n) is 1.98. The zero-order valence-corrected chi connectivity index (χ0v) is 10.2. The van der Waals surface area contributed by atoms with Gasteiger partial charge in [-0.1, -0.05) is 12.1 Å². The largest absolute Gasteiger partial charge is 0.467 e. The van der Waals surface area contributed by atoms with E-state index in [0.717, 1.165) is 16.7 Å². The maximum absolute atomic E-state index is 12.2. The number of fused-ring (bicyclic) bond motifs is 1. The molecule has 0 spiro atoms. The molecule has 3 rings (SSSR count). The van der Waals surface area contributed by atoms with Crippen molar-refractivity contribution in [3.63, 3.8) is 0 Å². The standard InChI is InChI=1S/C15H12N2O2/c18-15(17-10-11-4-3-9-19-11)13-5-1-7-14-12(13)6-2-8-16-14/h1-9H,10H2,(H,17,18). The molecular formula is C15H12N2O2. The zero-order chi connectivity index (χ0) is 13.1. The summed E-state index contributed by atoms with van der Waals surface area (Å²) in [5, 5.41) is 3.68. The number of hydrogen-bond donors (Lipinski definition) is 1.